The summed E-state index contributed by atoms with van der Waals surface area (Å²) in [5, 5.41) is 7.06. The molecule has 0 aliphatic carbocycles. The number of carbonyl (C=O) groups is 1. The van der Waals surface area contributed by atoms with E-state index in [1.807, 2.05) is 0 Å². The molecule has 2 rings (SSSR count). The van der Waals surface area contributed by atoms with E-state index in [2.05, 4.69) is 32.9 Å². The number of rotatable bonds is 3. The summed E-state index contributed by atoms with van der Waals surface area (Å²) in [4.78, 5) is 13.5. The molecular weight excluding hydrogens is 375 g/mol. The van der Waals surface area contributed by atoms with Gasteiger partial charge in [0.25, 0.3) is 11.8 Å². The molecule has 4 nitrogen and oxygen atoms in total. The quantitative estimate of drug-likeness (QED) is 0.573. The van der Waals surface area contributed by atoms with Gasteiger partial charge < -0.3 is 4.90 Å². The average Bonchev–Trinajstić information content (AvgIpc) is 2.48. The Morgan fingerprint density at radius 2 is 2.17 bits per heavy atom. The van der Waals surface area contributed by atoms with E-state index in [4.69, 9.17) is 0 Å². The molecule has 1 aliphatic rings. The summed E-state index contributed by atoms with van der Waals surface area (Å²) in [6.07, 6.45) is -0.394. The number of carbonyl (C=O) groups excluding carboxylic acids is 1. The van der Waals surface area contributed by atoms with Crippen molar-refractivity contribution in [3.63, 3.8) is 0 Å². The molecule has 0 bridgehead atoms. The van der Waals surface area contributed by atoms with Gasteiger partial charge in [0, 0.05) is 36.9 Å². The third-order valence-electron chi connectivity index (χ3n) is 3.68. The van der Waals surface area contributed by atoms with Crippen molar-refractivity contribution in [2.24, 2.45) is 16.1 Å². The molecule has 0 N–H and O–H groups in total. The minimum Gasteiger partial charge on any atom is -0.332 e. The molecule has 0 spiro atoms. The van der Waals surface area contributed by atoms with Crippen molar-refractivity contribution in [2.75, 3.05) is 13.1 Å². The summed E-state index contributed by atoms with van der Waals surface area (Å²) >= 11 is 2.98. The molecule has 0 radical (unpaired) electrons. The molecule has 8 heteroatoms. The minimum atomic E-state index is -3.02. The Labute approximate surface area is 140 Å². The number of alkyl halides is 2. The summed E-state index contributed by atoms with van der Waals surface area (Å²) in [7, 11) is 0. The van der Waals surface area contributed by atoms with Gasteiger partial charge in [-0.1, -0.05) is 0 Å². The number of benzene rings is 1. The molecule has 0 saturated carbocycles. The summed E-state index contributed by atoms with van der Waals surface area (Å²) in [6.45, 7) is 4.22. The Hall–Kier alpha value is -1.70. The van der Waals surface area contributed by atoms with E-state index in [1.165, 1.54) is 12.1 Å². The lowest BCUT2D eigenvalue weighted by molar-refractivity contribution is -0.0655. The highest BCUT2D eigenvalue weighted by atomic mass is 79.9. The number of piperidine rings is 1. The molecule has 1 aromatic rings. The molecule has 1 aromatic carbocycles. The molecule has 23 heavy (non-hydrogen) atoms. The largest absolute Gasteiger partial charge is 0.332 e. The first-order valence-corrected chi connectivity index (χ1v) is 7.65. The number of nitrogens with zero attached hydrogens (tertiary/aromatic N) is 3. The summed E-state index contributed by atoms with van der Waals surface area (Å²) < 4.78 is 41.3. The van der Waals surface area contributed by atoms with Crippen LogP contribution in [0.4, 0.5) is 13.2 Å². The van der Waals surface area contributed by atoms with Gasteiger partial charge in [-0.05, 0) is 41.1 Å². The smallest absolute Gasteiger partial charge is 0.266 e. The zero-order valence-electron chi connectivity index (χ0n) is 12.4. The van der Waals surface area contributed by atoms with Gasteiger partial charge in [-0.15, -0.1) is 0 Å². The van der Waals surface area contributed by atoms with Crippen LogP contribution in [0, 0.1) is 11.7 Å². The van der Waals surface area contributed by atoms with E-state index in [9.17, 15) is 18.0 Å². The Morgan fingerprint density at radius 1 is 1.48 bits per heavy atom. The zero-order chi connectivity index (χ0) is 17.2. The van der Waals surface area contributed by atoms with Gasteiger partial charge in [-0.2, -0.15) is 10.2 Å². The highest BCUT2D eigenvalue weighted by molar-refractivity contribution is 9.10. The van der Waals surface area contributed by atoms with Crippen molar-refractivity contribution in [3.8, 4) is 0 Å². The fourth-order valence-electron chi connectivity index (χ4n) is 2.54. The standard InChI is InChI=1S/C15H15BrF3N3O/c1-9(21-20-2)11-6-15(18,19)8-22(7-11)14(23)10-3-4-13(17)12(16)5-10/h3-5,11H,2,6-8H2,1H3/b21-9+. The number of likely N-dealkylation sites (tertiary alicyclic amines) is 1. The van der Waals surface area contributed by atoms with Crippen molar-refractivity contribution in [1.29, 1.82) is 0 Å². The maximum Gasteiger partial charge on any atom is 0.266 e. The van der Waals surface area contributed by atoms with E-state index < -0.39 is 36.5 Å². The molecule has 1 amide bonds. The van der Waals surface area contributed by atoms with Crippen LogP contribution in [0.5, 0.6) is 0 Å². The molecule has 124 valence electrons. The van der Waals surface area contributed by atoms with Crippen LogP contribution in [0.2, 0.25) is 0 Å². The second kappa shape index (κ2) is 6.82. The fraction of sp³-hybridized carbons (Fsp3) is 0.400. The van der Waals surface area contributed by atoms with Crippen LogP contribution in [-0.4, -0.2) is 42.2 Å². The van der Waals surface area contributed by atoms with Crippen LogP contribution in [0.25, 0.3) is 0 Å². The summed E-state index contributed by atoms with van der Waals surface area (Å²) in [5.41, 5.74) is 0.545. The maximum absolute atomic E-state index is 14.0. The van der Waals surface area contributed by atoms with Gasteiger partial charge >= 0.3 is 0 Å². The van der Waals surface area contributed by atoms with Gasteiger partial charge in [0.15, 0.2) is 0 Å². The number of amides is 1. The first kappa shape index (κ1) is 17.7. The molecule has 1 saturated heterocycles. The number of hydrogen-bond acceptors (Lipinski definition) is 3. The predicted molar refractivity (Wildman–Crippen MR) is 85.7 cm³/mol. The van der Waals surface area contributed by atoms with Gasteiger partial charge in [0.1, 0.15) is 5.82 Å². The lowest BCUT2D eigenvalue weighted by atomic mass is 9.91. The monoisotopic (exact) mass is 389 g/mol. The van der Waals surface area contributed by atoms with Gasteiger partial charge in [-0.3, -0.25) is 4.79 Å². The van der Waals surface area contributed by atoms with Gasteiger partial charge in [0.05, 0.1) is 11.0 Å². The van der Waals surface area contributed by atoms with Gasteiger partial charge in [0.2, 0.25) is 0 Å². The van der Waals surface area contributed by atoms with Crippen molar-refractivity contribution in [3.05, 3.63) is 34.1 Å². The van der Waals surface area contributed by atoms with Crippen LogP contribution in [0.3, 0.4) is 0 Å². The average molecular weight is 390 g/mol. The SMILES string of the molecule is C=N/N=C(\C)C1CN(C(=O)c2ccc(F)c(Br)c2)CC(F)(F)C1. The van der Waals surface area contributed by atoms with Crippen LogP contribution in [0.1, 0.15) is 23.7 Å². The lowest BCUT2D eigenvalue weighted by Crippen LogP contribution is -2.51. The molecule has 1 atom stereocenters. The van der Waals surface area contributed by atoms with Crippen molar-refractivity contribution < 1.29 is 18.0 Å². The van der Waals surface area contributed by atoms with Crippen LogP contribution in [-0.2, 0) is 0 Å². The number of halogens is 4. The zero-order valence-corrected chi connectivity index (χ0v) is 14.0. The predicted octanol–water partition coefficient (Wildman–Crippen LogP) is 3.76. The third kappa shape index (κ3) is 4.19. The third-order valence-corrected chi connectivity index (χ3v) is 4.29. The molecule has 1 fully saturated rings. The van der Waals surface area contributed by atoms with E-state index in [0.717, 1.165) is 11.0 Å². The first-order valence-electron chi connectivity index (χ1n) is 6.86. The van der Waals surface area contributed by atoms with Crippen molar-refractivity contribution >= 4 is 34.3 Å². The van der Waals surface area contributed by atoms with Crippen LogP contribution in [0.15, 0.2) is 32.9 Å². The topological polar surface area (TPSA) is 45.0 Å². The van der Waals surface area contributed by atoms with Crippen molar-refractivity contribution in [1.82, 2.24) is 4.90 Å². The van der Waals surface area contributed by atoms with E-state index in [-0.39, 0.29) is 16.6 Å². The van der Waals surface area contributed by atoms with Crippen LogP contribution < -0.4 is 0 Å². The fourth-order valence-corrected chi connectivity index (χ4v) is 2.92. The Morgan fingerprint density at radius 3 is 2.78 bits per heavy atom. The normalized spacial score (nSPS) is 21.2. The minimum absolute atomic E-state index is 0.105. The highest BCUT2D eigenvalue weighted by Crippen LogP contribution is 2.32. The maximum atomic E-state index is 14.0. The second-order valence-electron chi connectivity index (χ2n) is 5.45. The van der Waals surface area contributed by atoms with E-state index >= 15 is 0 Å². The van der Waals surface area contributed by atoms with Crippen LogP contribution >= 0.6 is 15.9 Å². The Balaban J connectivity index is 2.26. The molecule has 1 heterocycles. The van der Waals surface area contributed by atoms with Crippen molar-refractivity contribution in [2.45, 2.75) is 19.3 Å². The summed E-state index contributed by atoms with van der Waals surface area (Å²) in [5.74, 6) is -4.72. The molecule has 1 unspecified atom stereocenters. The second-order valence-corrected chi connectivity index (χ2v) is 6.31. The van der Waals surface area contributed by atoms with E-state index in [0.29, 0.717) is 5.71 Å². The van der Waals surface area contributed by atoms with E-state index in [1.54, 1.807) is 6.92 Å². The Kier molecular flexibility index (Phi) is 5.23. The molecular formula is C15H15BrF3N3O. The number of hydrogen-bond donors (Lipinski definition) is 0. The highest BCUT2D eigenvalue weighted by Gasteiger charge is 2.43. The molecule has 1 aliphatic heterocycles. The lowest BCUT2D eigenvalue weighted by Gasteiger charge is -2.37. The Bertz CT molecular complexity index is 663. The van der Waals surface area contributed by atoms with Gasteiger partial charge in [-0.25, -0.2) is 13.2 Å². The molecule has 0 aromatic heterocycles. The first-order chi connectivity index (χ1) is 10.7. The summed E-state index contributed by atoms with van der Waals surface area (Å²) in [6, 6.07) is 3.67.